The minimum Gasteiger partial charge on any atom is -0.495 e. The molecular weight excluding hydrogens is 368 g/mol. The van der Waals surface area contributed by atoms with Gasteiger partial charge in [-0.1, -0.05) is 17.7 Å². The van der Waals surface area contributed by atoms with Crippen LogP contribution in [-0.4, -0.2) is 45.2 Å². The fraction of sp³-hybridized carbons (Fsp3) is 0.350. The van der Waals surface area contributed by atoms with Gasteiger partial charge in [0.05, 0.1) is 32.4 Å². The van der Waals surface area contributed by atoms with E-state index in [-0.39, 0.29) is 12.5 Å². The lowest BCUT2D eigenvalue weighted by Gasteiger charge is -2.18. The van der Waals surface area contributed by atoms with Crippen LogP contribution in [0.25, 0.3) is 0 Å². The molecule has 0 fully saturated rings. The van der Waals surface area contributed by atoms with Crippen LogP contribution in [0.3, 0.4) is 0 Å². The van der Waals surface area contributed by atoms with E-state index in [0.717, 1.165) is 5.56 Å². The summed E-state index contributed by atoms with van der Waals surface area (Å²) in [5.74, 6) is 1.83. The Balaban J connectivity index is 1.93. The largest absolute Gasteiger partial charge is 0.495 e. The summed E-state index contributed by atoms with van der Waals surface area (Å²) >= 11 is 6.08. The van der Waals surface area contributed by atoms with Gasteiger partial charge in [0.1, 0.15) is 5.75 Å². The summed E-state index contributed by atoms with van der Waals surface area (Å²) in [5, 5.41) is 3.28. The van der Waals surface area contributed by atoms with Gasteiger partial charge in [0, 0.05) is 12.2 Å². The van der Waals surface area contributed by atoms with E-state index in [1.807, 2.05) is 37.1 Å². The molecule has 7 heteroatoms. The van der Waals surface area contributed by atoms with Crippen molar-refractivity contribution in [1.82, 2.24) is 4.90 Å². The molecule has 0 radical (unpaired) electrons. The van der Waals surface area contributed by atoms with Crippen molar-refractivity contribution in [2.24, 2.45) is 0 Å². The molecule has 146 valence electrons. The van der Waals surface area contributed by atoms with Gasteiger partial charge in [-0.15, -0.1) is 0 Å². The molecule has 0 bridgehead atoms. The number of carbonyl (C=O) groups excluding carboxylic acids is 1. The summed E-state index contributed by atoms with van der Waals surface area (Å²) in [4.78, 5) is 14.2. The maximum Gasteiger partial charge on any atom is 0.238 e. The van der Waals surface area contributed by atoms with E-state index < -0.39 is 0 Å². The van der Waals surface area contributed by atoms with Crippen molar-refractivity contribution in [2.75, 3.05) is 39.7 Å². The lowest BCUT2D eigenvalue weighted by atomic mass is 10.2. The first kappa shape index (κ1) is 20.9. The number of carbonyl (C=O) groups is 1. The van der Waals surface area contributed by atoms with Gasteiger partial charge in [-0.25, -0.2) is 0 Å². The van der Waals surface area contributed by atoms with Crippen molar-refractivity contribution in [3.8, 4) is 17.2 Å². The predicted molar refractivity (Wildman–Crippen MR) is 107 cm³/mol. The monoisotopic (exact) mass is 392 g/mol. The van der Waals surface area contributed by atoms with Crippen LogP contribution in [0.15, 0.2) is 36.4 Å². The molecule has 0 heterocycles. The van der Waals surface area contributed by atoms with Gasteiger partial charge in [-0.3, -0.25) is 9.69 Å². The van der Waals surface area contributed by atoms with Crippen molar-refractivity contribution >= 4 is 23.2 Å². The Labute approximate surface area is 165 Å². The number of benzene rings is 2. The number of nitrogens with zero attached hydrogens (tertiary/aromatic N) is 1. The molecule has 0 saturated carbocycles. The Kier molecular flexibility index (Phi) is 7.76. The highest BCUT2D eigenvalue weighted by Crippen LogP contribution is 2.29. The van der Waals surface area contributed by atoms with Gasteiger partial charge in [-0.05, 0) is 49.9 Å². The number of anilines is 1. The van der Waals surface area contributed by atoms with Crippen molar-refractivity contribution in [3.05, 3.63) is 47.0 Å². The first-order valence-corrected chi connectivity index (χ1v) is 8.96. The number of likely N-dealkylation sites (N-methyl/N-ethyl adjacent to an activating group) is 1. The zero-order valence-corrected chi connectivity index (χ0v) is 16.8. The summed E-state index contributed by atoms with van der Waals surface area (Å²) in [7, 11) is 5.03. The first-order chi connectivity index (χ1) is 13.0. The SMILES string of the molecule is CCOc1ccc(CN(C)CC(=O)Nc2ccc(OC)c(Cl)c2)cc1OC. The van der Waals surface area contributed by atoms with Gasteiger partial charge in [0.15, 0.2) is 11.5 Å². The van der Waals surface area contributed by atoms with Crippen LogP contribution in [0, 0.1) is 0 Å². The minimum absolute atomic E-state index is 0.128. The lowest BCUT2D eigenvalue weighted by molar-refractivity contribution is -0.117. The number of rotatable bonds is 9. The average molecular weight is 393 g/mol. The summed E-state index contributed by atoms with van der Waals surface area (Å²) in [6.45, 7) is 3.33. The van der Waals surface area contributed by atoms with E-state index >= 15 is 0 Å². The van der Waals surface area contributed by atoms with E-state index in [2.05, 4.69) is 5.32 Å². The van der Waals surface area contributed by atoms with Gasteiger partial charge >= 0.3 is 0 Å². The van der Waals surface area contributed by atoms with Crippen LogP contribution in [0.1, 0.15) is 12.5 Å². The summed E-state index contributed by atoms with van der Waals surface area (Å²) in [6, 6.07) is 10.9. The van der Waals surface area contributed by atoms with Gasteiger partial charge in [-0.2, -0.15) is 0 Å². The lowest BCUT2D eigenvalue weighted by Crippen LogP contribution is -2.29. The highest BCUT2D eigenvalue weighted by atomic mass is 35.5. The molecule has 0 aliphatic heterocycles. The van der Waals surface area contributed by atoms with E-state index in [1.54, 1.807) is 32.4 Å². The quantitative estimate of drug-likeness (QED) is 0.702. The maximum absolute atomic E-state index is 12.3. The standard InChI is InChI=1S/C20H25ClN2O4/c1-5-27-18-8-6-14(10-19(18)26-4)12-23(2)13-20(24)22-15-7-9-17(25-3)16(21)11-15/h6-11H,5,12-13H2,1-4H3,(H,22,24). The molecule has 0 aliphatic rings. The van der Waals surface area contributed by atoms with Crippen molar-refractivity contribution in [2.45, 2.75) is 13.5 Å². The molecule has 2 rings (SSSR count). The average Bonchev–Trinajstić information content (AvgIpc) is 2.63. The van der Waals surface area contributed by atoms with Gasteiger partial charge < -0.3 is 19.5 Å². The second kappa shape index (κ2) is 10.0. The second-order valence-corrected chi connectivity index (χ2v) is 6.40. The van der Waals surface area contributed by atoms with Gasteiger partial charge in [0.25, 0.3) is 0 Å². The van der Waals surface area contributed by atoms with Crippen LogP contribution in [0.5, 0.6) is 17.2 Å². The van der Waals surface area contributed by atoms with Crippen molar-refractivity contribution < 1.29 is 19.0 Å². The molecule has 6 nitrogen and oxygen atoms in total. The molecule has 2 aromatic rings. The molecule has 0 aliphatic carbocycles. The Morgan fingerprint density at radius 3 is 2.41 bits per heavy atom. The smallest absolute Gasteiger partial charge is 0.238 e. The van der Waals surface area contributed by atoms with Crippen molar-refractivity contribution in [1.29, 1.82) is 0 Å². The molecule has 27 heavy (non-hydrogen) atoms. The Morgan fingerprint density at radius 1 is 1.07 bits per heavy atom. The second-order valence-electron chi connectivity index (χ2n) is 5.99. The zero-order valence-electron chi connectivity index (χ0n) is 16.0. The van der Waals surface area contributed by atoms with E-state index in [9.17, 15) is 4.79 Å². The van der Waals surface area contributed by atoms with Crippen LogP contribution in [0.4, 0.5) is 5.69 Å². The first-order valence-electron chi connectivity index (χ1n) is 8.58. The molecule has 2 aromatic carbocycles. The number of ether oxygens (including phenoxy) is 3. The number of amides is 1. The molecule has 0 unspecified atom stereocenters. The van der Waals surface area contributed by atoms with Gasteiger partial charge in [0.2, 0.25) is 5.91 Å². The number of hydrogen-bond acceptors (Lipinski definition) is 5. The molecule has 0 atom stereocenters. The third-order valence-electron chi connectivity index (χ3n) is 3.83. The minimum atomic E-state index is -0.128. The van der Waals surface area contributed by atoms with E-state index in [1.165, 1.54) is 0 Å². The molecule has 1 amide bonds. The molecule has 0 aromatic heterocycles. The van der Waals surface area contributed by atoms with Crippen LogP contribution < -0.4 is 19.5 Å². The van der Waals surface area contributed by atoms with Crippen LogP contribution in [-0.2, 0) is 11.3 Å². The number of nitrogens with one attached hydrogen (secondary N) is 1. The van der Waals surface area contributed by atoms with Crippen LogP contribution >= 0.6 is 11.6 Å². The zero-order chi connectivity index (χ0) is 19.8. The summed E-state index contributed by atoms with van der Waals surface area (Å²) < 4.78 is 16.0. The fourth-order valence-corrected chi connectivity index (χ4v) is 2.90. The normalized spacial score (nSPS) is 10.6. The van der Waals surface area contributed by atoms with Crippen LogP contribution in [0.2, 0.25) is 5.02 Å². The predicted octanol–water partition coefficient (Wildman–Crippen LogP) is 3.83. The third-order valence-corrected chi connectivity index (χ3v) is 4.12. The highest BCUT2D eigenvalue weighted by Gasteiger charge is 2.11. The molecular formula is C20H25ClN2O4. The Hall–Kier alpha value is -2.44. The molecule has 0 saturated heterocycles. The Bertz CT molecular complexity index is 783. The van der Waals surface area contributed by atoms with E-state index in [0.29, 0.717) is 41.1 Å². The number of halogens is 1. The summed E-state index contributed by atoms with van der Waals surface area (Å²) in [5.41, 5.74) is 1.65. The fourth-order valence-electron chi connectivity index (χ4n) is 2.64. The molecule has 0 spiro atoms. The van der Waals surface area contributed by atoms with Crippen molar-refractivity contribution in [3.63, 3.8) is 0 Å². The number of hydrogen-bond donors (Lipinski definition) is 1. The number of methoxy groups -OCH3 is 2. The topological polar surface area (TPSA) is 60.0 Å². The highest BCUT2D eigenvalue weighted by molar-refractivity contribution is 6.32. The summed E-state index contributed by atoms with van der Waals surface area (Å²) in [6.07, 6.45) is 0. The third kappa shape index (κ3) is 6.05. The Morgan fingerprint density at radius 2 is 1.78 bits per heavy atom. The maximum atomic E-state index is 12.3. The molecule has 1 N–H and O–H groups in total. The van der Waals surface area contributed by atoms with E-state index in [4.69, 9.17) is 25.8 Å².